The fourth-order valence-electron chi connectivity index (χ4n) is 2.24. The van der Waals surface area contributed by atoms with Crippen LogP contribution in [-0.4, -0.2) is 25.3 Å². The summed E-state index contributed by atoms with van der Waals surface area (Å²) in [4.78, 5) is 0.0928. The van der Waals surface area contributed by atoms with Crippen LogP contribution in [0, 0.1) is 11.3 Å². The van der Waals surface area contributed by atoms with Crippen LogP contribution in [0.15, 0.2) is 23.1 Å². The molecule has 1 saturated heterocycles. The Bertz CT molecular complexity index is 604. The molecule has 0 aromatic heterocycles. The minimum atomic E-state index is -3.54. The van der Waals surface area contributed by atoms with Gasteiger partial charge >= 0.3 is 0 Å². The van der Waals surface area contributed by atoms with E-state index in [1.54, 1.807) is 0 Å². The molecule has 1 aliphatic heterocycles. The number of nitriles is 1. The molecule has 18 heavy (non-hydrogen) atoms. The molecule has 1 atom stereocenters. The standard InChI is InChI=1S/C12H15N3O2S/c1-9-3-2-6-15(9)18(16,17)12-5-4-10(8-13)7-11(12)14/h4-5,7,9H,2-3,6,14H2,1H3. The highest BCUT2D eigenvalue weighted by molar-refractivity contribution is 7.89. The van der Waals surface area contributed by atoms with Crippen LogP contribution < -0.4 is 5.73 Å². The number of hydrogen-bond donors (Lipinski definition) is 1. The van der Waals surface area contributed by atoms with Gasteiger partial charge in [-0.2, -0.15) is 9.57 Å². The Morgan fingerprint density at radius 1 is 1.50 bits per heavy atom. The smallest absolute Gasteiger partial charge is 0.245 e. The molecule has 2 rings (SSSR count). The van der Waals surface area contributed by atoms with Crippen molar-refractivity contribution in [2.45, 2.75) is 30.7 Å². The van der Waals surface area contributed by atoms with E-state index in [1.165, 1.54) is 22.5 Å². The van der Waals surface area contributed by atoms with Crippen molar-refractivity contribution < 1.29 is 8.42 Å². The van der Waals surface area contributed by atoms with Crippen molar-refractivity contribution in [1.29, 1.82) is 5.26 Å². The summed E-state index contributed by atoms with van der Waals surface area (Å²) >= 11 is 0. The molecule has 1 heterocycles. The van der Waals surface area contributed by atoms with Crippen LogP contribution in [0.1, 0.15) is 25.3 Å². The van der Waals surface area contributed by atoms with Crippen molar-refractivity contribution >= 4 is 15.7 Å². The number of nitrogen functional groups attached to an aromatic ring is 1. The third-order valence-electron chi connectivity index (χ3n) is 3.22. The molecule has 0 aliphatic carbocycles. The predicted molar refractivity (Wildman–Crippen MR) is 68.2 cm³/mol. The molecule has 6 heteroatoms. The van der Waals surface area contributed by atoms with Gasteiger partial charge in [0.1, 0.15) is 4.90 Å². The molecule has 0 spiro atoms. The maximum Gasteiger partial charge on any atom is 0.245 e. The second-order valence-corrected chi connectivity index (χ2v) is 6.33. The van der Waals surface area contributed by atoms with Crippen molar-refractivity contribution in [3.63, 3.8) is 0 Å². The van der Waals surface area contributed by atoms with Gasteiger partial charge in [0.05, 0.1) is 17.3 Å². The number of hydrogen-bond acceptors (Lipinski definition) is 4. The van der Waals surface area contributed by atoms with Gasteiger partial charge in [-0.15, -0.1) is 0 Å². The van der Waals surface area contributed by atoms with Crippen molar-refractivity contribution in [3.8, 4) is 6.07 Å². The lowest BCUT2D eigenvalue weighted by Gasteiger charge is -2.21. The predicted octanol–water partition coefficient (Wildman–Crippen LogP) is 1.31. The topological polar surface area (TPSA) is 87.2 Å². The Balaban J connectivity index is 2.45. The van der Waals surface area contributed by atoms with Gasteiger partial charge in [-0.1, -0.05) is 0 Å². The quantitative estimate of drug-likeness (QED) is 0.817. The van der Waals surface area contributed by atoms with E-state index in [2.05, 4.69) is 0 Å². The van der Waals surface area contributed by atoms with Gasteiger partial charge in [0.25, 0.3) is 0 Å². The molecule has 0 bridgehead atoms. The first kappa shape index (κ1) is 12.9. The molecule has 2 N–H and O–H groups in total. The SMILES string of the molecule is CC1CCCN1S(=O)(=O)c1ccc(C#N)cc1N. The van der Waals surface area contributed by atoms with E-state index >= 15 is 0 Å². The number of rotatable bonds is 2. The summed E-state index contributed by atoms with van der Waals surface area (Å²) in [5.41, 5.74) is 6.23. The first-order chi connectivity index (χ1) is 8.46. The average Bonchev–Trinajstić information content (AvgIpc) is 2.75. The highest BCUT2D eigenvalue weighted by Crippen LogP contribution is 2.29. The van der Waals surface area contributed by atoms with Crippen molar-refractivity contribution in [2.75, 3.05) is 12.3 Å². The van der Waals surface area contributed by atoms with Gasteiger partial charge in [0.2, 0.25) is 10.0 Å². The van der Waals surface area contributed by atoms with E-state index in [9.17, 15) is 8.42 Å². The van der Waals surface area contributed by atoms with Crippen LogP contribution in [0.5, 0.6) is 0 Å². The summed E-state index contributed by atoms with van der Waals surface area (Å²) in [7, 11) is -3.54. The Morgan fingerprint density at radius 3 is 2.72 bits per heavy atom. The Labute approximate surface area is 107 Å². The summed E-state index contributed by atoms with van der Waals surface area (Å²) in [5, 5.41) is 8.74. The van der Waals surface area contributed by atoms with Gasteiger partial charge in [0, 0.05) is 12.6 Å². The summed E-state index contributed by atoms with van der Waals surface area (Å²) in [6, 6.07) is 6.22. The number of anilines is 1. The van der Waals surface area contributed by atoms with Crippen LogP contribution in [0.4, 0.5) is 5.69 Å². The van der Waals surface area contributed by atoms with Crippen molar-refractivity contribution in [3.05, 3.63) is 23.8 Å². The minimum Gasteiger partial charge on any atom is -0.398 e. The second kappa shape index (κ2) is 4.59. The first-order valence-corrected chi connectivity index (χ1v) is 7.22. The molecule has 1 unspecified atom stereocenters. The van der Waals surface area contributed by atoms with Crippen LogP contribution in [0.25, 0.3) is 0 Å². The Kier molecular flexibility index (Phi) is 3.28. The molecule has 1 fully saturated rings. The second-order valence-electron chi connectivity index (χ2n) is 4.47. The van der Waals surface area contributed by atoms with E-state index in [4.69, 9.17) is 11.0 Å². The Hall–Kier alpha value is -1.58. The maximum atomic E-state index is 12.4. The molecule has 1 aliphatic rings. The summed E-state index contributed by atoms with van der Waals surface area (Å²) in [6.45, 7) is 2.42. The van der Waals surface area contributed by atoms with E-state index in [-0.39, 0.29) is 16.6 Å². The monoisotopic (exact) mass is 265 g/mol. The number of sulfonamides is 1. The van der Waals surface area contributed by atoms with Gasteiger partial charge in [-0.05, 0) is 38.0 Å². The summed E-state index contributed by atoms with van der Waals surface area (Å²) < 4.78 is 26.3. The van der Waals surface area contributed by atoms with Crippen LogP contribution in [0.3, 0.4) is 0 Å². The molecule has 96 valence electrons. The maximum absolute atomic E-state index is 12.4. The third-order valence-corrected chi connectivity index (χ3v) is 5.31. The number of benzene rings is 1. The molecule has 0 amide bonds. The normalized spacial score (nSPS) is 20.8. The number of nitrogens with two attached hydrogens (primary N) is 1. The molecular weight excluding hydrogens is 250 g/mol. The summed E-state index contributed by atoms with van der Waals surface area (Å²) in [6.07, 6.45) is 1.74. The largest absolute Gasteiger partial charge is 0.398 e. The van der Waals surface area contributed by atoms with Crippen LogP contribution >= 0.6 is 0 Å². The zero-order valence-electron chi connectivity index (χ0n) is 10.1. The van der Waals surface area contributed by atoms with E-state index < -0.39 is 10.0 Å². The van der Waals surface area contributed by atoms with E-state index in [0.717, 1.165) is 12.8 Å². The molecular formula is C12H15N3O2S. The van der Waals surface area contributed by atoms with Crippen molar-refractivity contribution in [2.24, 2.45) is 0 Å². The van der Waals surface area contributed by atoms with E-state index in [0.29, 0.717) is 12.1 Å². The minimum absolute atomic E-state index is 0.00467. The van der Waals surface area contributed by atoms with Gasteiger partial charge in [-0.3, -0.25) is 0 Å². The molecule has 1 aromatic rings. The fourth-order valence-corrected chi connectivity index (χ4v) is 4.04. The van der Waals surface area contributed by atoms with Gasteiger partial charge in [0.15, 0.2) is 0 Å². The molecule has 1 aromatic carbocycles. The molecule has 0 saturated carbocycles. The van der Waals surface area contributed by atoms with Gasteiger partial charge in [-0.25, -0.2) is 8.42 Å². The average molecular weight is 265 g/mol. The zero-order chi connectivity index (χ0) is 13.3. The van der Waals surface area contributed by atoms with Crippen LogP contribution in [0.2, 0.25) is 0 Å². The Morgan fingerprint density at radius 2 is 2.22 bits per heavy atom. The highest BCUT2D eigenvalue weighted by atomic mass is 32.2. The molecule has 5 nitrogen and oxygen atoms in total. The lowest BCUT2D eigenvalue weighted by Crippen LogP contribution is -2.34. The number of nitrogens with zero attached hydrogens (tertiary/aromatic N) is 2. The lowest BCUT2D eigenvalue weighted by atomic mass is 10.2. The van der Waals surface area contributed by atoms with E-state index in [1.807, 2.05) is 13.0 Å². The fraction of sp³-hybridized carbons (Fsp3) is 0.417. The van der Waals surface area contributed by atoms with Crippen LogP contribution in [-0.2, 0) is 10.0 Å². The third kappa shape index (κ3) is 2.07. The highest BCUT2D eigenvalue weighted by Gasteiger charge is 2.33. The van der Waals surface area contributed by atoms with Crippen molar-refractivity contribution in [1.82, 2.24) is 4.31 Å². The molecule has 0 radical (unpaired) electrons. The van der Waals surface area contributed by atoms with Gasteiger partial charge < -0.3 is 5.73 Å². The lowest BCUT2D eigenvalue weighted by molar-refractivity contribution is 0.408. The zero-order valence-corrected chi connectivity index (χ0v) is 10.9. The first-order valence-electron chi connectivity index (χ1n) is 5.78. The summed E-state index contributed by atoms with van der Waals surface area (Å²) in [5.74, 6) is 0.